The maximum atomic E-state index is 5.31. The van der Waals surface area contributed by atoms with Crippen molar-refractivity contribution >= 4 is 0 Å². The molecule has 0 fully saturated rings. The van der Waals surface area contributed by atoms with Gasteiger partial charge in [-0.2, -0.15) is 4.98 Å². The molecule has 0 aliphatic carbocycles. The van der Waals surface area contributed by atoms with E-state index in [2.05, 4.69) is 10.1 Å². The topological polar surface area (TPSA) is 49.2 Å². The largest absolute Gasteiger partial charge is 0.467 e. The molecule has 0 aliphatic rings. The second-order valence-electron chi connectivity index (χ2n) is 4.05. The first-order valence-electron chi connectivity index (χ1n) is 5.74. The van der Waals surface area contributed by atoms with E-state index in [1.807, 2.05) is 31.2 Å². The first kappa shape index (κ1) is 12.6. The summed E-state index contributed by atoms with van der Waals surface area (Å²) in [7, 11) is 5.08. The van der Waals surface area contributed by atoms with Crippen molar-refractivity contribution in [3.05, 3.63) is 29.8 Å². The lowest BCUT2D eigenvalue weighted by molar-refractivity contribution is 0.119. The van der Waals surface area contributed by atoms with Crippen LogP contribution >= 0.6 is 0 Å². The number of aromatic nitrogens is 3. The molecule has 0 radical (unpaired) electrons. The van der Waals surface area contributed by atoms with E-state index in [4.69, 9.17) is 9.47 Å². The van der Waals surface area contributed by atoms with Crippen molar-refractivity contribution in [3.8, 4) is 17.4 Å². The van der Waals surface area contributed by atoms with Crippen LogP contribution in [0.25, 0.3) is 11.4 Å². The van der Waals surface area contributed by atoms with E-state index in [-0.39, 0.29) is 6.10 Å². The third-order valence-electron chi connectivity index (χ3n) is 2.87. The van der Waals surface area contributed by atoms with E-state index in [1.165, 1.54) is 0 Å². The summed E-state index contributed by atoms with van der Waals surface area (Å²) in [6, 6.07) is 8.50. The van der Waals surface area contributed by atoms with Gasteiger partial charge in [-0.3, -0.25) is 0 Å². The van der Waals surface area contributed by atoms with Crippen LogP contribution in [0.2, 0.25) is 0 Å². The fourth-order valence-corrected chi connectivity index (χ4v) is 1.74. The molecule has 0 bridgehead atoms. The average Bonchev–Trinajstić information content (AvgIpc) is 2.79. The van der Waals surface area contributed by atoms with Gasteiger partial charge < -0.3 is 9.47 Å². The summed E-state index contributed by atoms with van der Waals surface area (Å²) in [6.07, 6.45) is 0.0514. The van der Waals surface area contributed by atoms with Crippen LogP contribution in [0.4, 0.5) is 0 Å². The lowest BCUT2D eigenvalue weighted by atomic mass is 10.1. The molecule has 5 nitrogen and oxygen atoms in total. The summed E-state index contributed by atoms with van der Waals surface area (Å²) in [5.41, 5.74) is 2.05. The van der Waals surface area contributed by atoms with Crippen molar-refractivity contribution in [3.63, 3.8) is 0 Å². The molecule has 96 valence electrons. The monoisotopic (exact) mass is 247 g/mol. The molecule has 2 aromatic rings. The predicted molar refractivity (Wildman–Crippen MR) is 68.4 cm³/mol. The molecular formula is C13H17N3O2. The zero-order valence-electron chi connectivity index (χ0n) is 11.0. The maximum absolute atomic E-state index is 5.31. The first-order valence-corrected chi connectivity index (χ1v) is 5.74. The highest BCUT2D eigenvalue weighted by Gasteiger charge is 2.11. The molecular weight excluding hydrogens is 230 g/mol. The summed E-state index contributed by atoms with van der Waals surface area (Å²) in [5, 5.41) is 4.32. The number of nitrogens with zero attached hydrogens (tertiary/aromatic N) is 3. The molecule has 18 heavy (non-hydrogen) atoms. The quantitative estimate of drug-likeness (QED) is 0.831. The Morgan fingerprint density at radius 1 is 1.28 bits per heavy atom. The Kier molecular flexibility index (Phi) is 3.62. The van der Waals surface area contributed by atoms with Crippen molar-refractivity contribution in [2.75, 3.05) is 14.2 Å². The minimum absolute atomic E-state index is 0.0514. The van der Waals surface area contributed by atoms with E-state index in [0.717, 1.165) is 11.1 Å². The molecule has 1 aromatic heterocycles. The highest BCUT2D eigenvalue weighted by Crippen LogP contribution is 2.23. The highest BCUT2D eigenvalue weighted by atomic mass is 16.5. The van der Waals surface area contributed by atoms with E-state index in [0.29, 0.717) is 11.8 Å². The molecule has 0 saturated carbocycles. The van der Waals surface area contributed by atoms with Crippen molar-refractivity contribution < 1.29 is 9.47 Å². The van der Waals surface area contributed by atoms with Crippen LogP contribution in [0.5, 0.6) is 6.01 Å². The van der Waals surface area contributed by atoms with Crippen LogP contribution in [0.1, 0.15) is 18.6 Å². The van der Waals surface area contributed by atoms with E-state index >= 15 is 0 Å². The molecule has 2 rings (SSSR count). The Bertz CT molecular complexity index is 537. The van der Waals surface area contributed by atoms with Crippen LogP contribution in [-0.2, 0) is 11.8 Å². The van der Waals surface area contributed by atoms with Gasteiger partial charge in [-0.15, -0.1) is 5.10 Å². The molecule has 5 heteroatoms. The van der Waals surface area contributed by atoms with Crippen LogP contribution in [0, 0.1) is 0 Å². The minimum Gasteiger partial charge on any atom is -0.467 e. The second-order valence-corrected chi connectivity index (χ2v) is 4.05. The van der Waals surface area contributed by atoms with Gasteiger partial charge in [0, 0.05) is 19.7 Å². The third-order valence-corrected chi connectivity index (χ3v) is 2.87. The van der Waals surface area contributed by atoms with Gasteiger partial charge >= 0.3 is 6.01 Å². The van der Waals surface area contributed by atoms with Gasteiger partial charge in [0.15, 0.2) is 5.82 Å². The number of hydrogen-bond acceptors (Lipinski definition) is 4. The zero-order valence-corrected chi connectivity index (χ0v) is 11.0. The van der Waals surface area contributed by atoms with Crippen LogP contribution in [0.15, 0.2) is 24.3 Å². The summed E-state index contributed by atoms with van der Waals surface area (Å²) in [4.78, 5) is 4.31. The van der Waals surface area contributed by atoms with Gasteiger partial charge in [-0.05, 0) is 18.6 Å². The molecule has 1 heterocycles. The molecule has 0 spiro atoms. The second kappa shape index (κ2) is 5.18. The van der Waals surface area contributed by atoms with Crippen molar-refractivity contribution in [1.29, 1.82) is 0 Å². The number of ether oxygens (including phenoxy) is 2. The van der Waals surface area contributed by atoms with Crippen LogP contribution < -0.4 is 4.74 Å². The predicted octanol–water partition coefficient (Wildman–Crippen LogP) is 2.20. The minimum atomic E-state index is 0.0514. The fraction of sp³-hybridized carbons (Fsp3) is 0.385. The van der Waals surface area contributed by atoms with Gasteiger partial charge in [0.1, 0.15) is 0 Å². The molecule has 0 amide bonds. The normalized spacial score (nSPS) is 12.4. The van der Waals surface area contributed by atoms with Gasteiger partial charge in [-0.1, -0.05) is 18.2 Å². The SMILES string of the molecule is COc1nc(-c2cccc(C(C)OC)c2)nn1C. The van der Waals surface area contributed by atoms with E-state index < -0.39 is 0 Å². The smallest absolute Gasteiger partial charge is 0.314 e. The number of hydrogen-bond donors (Lipinski definition) is 0. The Balaban J connectivity index is 2.38. The summed E-state index contributed by atoms with van der Waals surface area (Å²) in [6.45, 7) is 2.01. The van der Waals surface area contributed by atoms with Gasteiger partial charge in [0.25, 0.3) is 0 Å². The summed E-state index contributed by atoms with van der Waals surface area (Å²) in [5.74, 6) is 0.652. The lowest BCUT2D eigenvalue weighted by Crippen LogP contribution is -1.96. The number of benzene rings is 1. The van der Waals surface area contributed by atoms with Crippen LogP contribution in [-0.4, -0.2) is 29.0 Å². The number of rotatable bonds is 4. The molecule has 0 aliphatic heterocycles. The Morgan fingerprint density at radius 2 is 2.06 bits per heavy atom. The third kappa shape index (κ3) is 2.36. The zero-order chi connectivity index (χ0) is 13.1. The van der Waals surface area contributed by atoms with E-state index in [9.17, 15) is 0 Å². The first-order chi connectivity index (χ1) is 8.65. The average molecular weight is 247 g/mol. The van der Waals surface area contributed by atoms with Gasteiger partial charge in [-0.25, -0.2) is 4.68 Å². The summed E-state index contributed by atoms with van der Waals surface area (Å²) < 4.78 is 12.0. The Labute approximate surface area is 106 Å². The van der Waals surface area contributed by atoms with Crippen molar-refractivity contribution in [1.82, 2.24) is 14.8 Å². The van der Waals surface area contributed by atoms with Gasteiger partial charge in [0.05, 0.1) is 13.2 Å². The standard InChI is InChI=1S/C13H17N3O2/c1-9(17-3)10-6-5-7-11(8-10)12-14-13(18-4)16(2)15-12/h5-9H,1-4H3. The Morgan fingerprint density at radius 3 is 2.67 bits per heavy atom. The molecule has 1 atom stereocenters. The van der Waals surface area contributed by atoms with Gasteiger partial charge in [0.2, 0.25) is 0 Å². The lowest BCUT2D eigenvalue weighted by Gasteiger charge is -2.10. The van der Waals surface area contributed by atoms with Crippen molar-refractivity contribution in [2.45, 2.75) is 13.0 Å². The Hall–Kier alpha value is -1.88. The number of methoxy groups -OCH3 is 2. The molecule has 1 unspecified atom stereocenters. The fourth-order valence-electron chi connectivity index (χ4n) is 1.74. The van der Waals surface area contributed by atoms with Crippen molar-refractivity contribution in [2.24, 2.45) is 7.05 Å². The number of aryl methyl sites for hydroxylation is 1. The maximum Gasteiger partial charge on any atom is 0.314 e. The molecule has 1 aromatic carbocycles. The molecule has 0 saturated heterocycles. The van der Waals surface area contributed by atoms with Crippen LogP contribution in [0.3, 0.4) is 0 Å². The van der Waals surface area contributed by atoms with E-state index in [1.54, 1.807) is 25.9 Å². The molecule has 0 N–H and O–H groups in total. The summed E-state index contributed by atoms with van der Waals surface area (Å²) >= 11 is 0. The highest BCUT2D eigenvalue weighted by molar-refractivity contribution is 5.56.